The van der Waals surface area contributed by atoms with Gasteiger partial charge in [0.2, 0.25) is 10.0 Å². The molecule has 0 spiro atoms. The fourth-order valence-corrected chi connectivity index (χ4v) is 5.57. The molecule has 1 N–H and O–H groups in total. The number of aryl methyl sites for hydroxylation is 1. The molecule has 0 aliphatic heterocycles. The lowest BCUT2D eigenvalue weighted by Crippen LogP contribution is -2.59. The van der Waals surface area contributed by atoms with Gasteiger partial charge in [0.25, 0.3) is 0 Å². The van der Waals surface area contributed by atoms with Gasteiger partial charge in [-0.15, -0.1) is 11.6 Å². The first-order valence-electron chi connectivity index (χ1n) is 6.17. The van der Waals surface area contributed by atoms with Crippen molar-refractivity contribution in [2.45, 2.75) is 43.5 Å². The van der Waals surface area contributed by atoms with E-state index in [2.05, 4.69) is 36.6 Å². The van der Waals surface area contributed by atoms with Crippen molar-refractivity contribution in [2.24, 2.45) is 5.41 Å². The van der Waals surface area contributed by atoms with Crippen LogP contribution in [0.3, 0.4) is 0 Å². The fraction of sp³-hybridized carbons (Fsp3) is 0.538. The normalized spacial score (nSPS) is 25.3. The zero-order valence-electron chi connectivity index (χ0n) is 11.4. The summed E-state index contributed by atoms with van der Waals surface area (Å²) < 4.78 is 29.1. The molecule has 7 heteroatoms. The van der Waals surface area contributed by atoms with E-state index in [-0.39, 0.29) is 21.7 Å². The number of halogens is 3. The first kappa shape index (κ1) is 16.7. The van der Waals surface area contributed by atoms with E-state index in [0.717, 1.165) is 10.0 Å². The molecule has 2 unspecified atom stereocenters. The highest BCUT2D eigenvalue weighted by Gasteiger charge is 2.48. The van der Waals surface area contributed by atoms with Crippen LogP contribution in [0.5, 0.6) is 0 Å². The monoisotopic (exact) mass is 443 g/mol. The minimum Gasteiger partial charge on any atom is -0.207 e. The Morgan fingerprint density at radius 1 is 1.30 bits per heavy atom. The second-order valence-corrected chi connectivity index (χ2v) is 9.65. The Morgan fingerprint density at radius 2 is 1.90 bits per heavy atom. The number of hydrogen-bond donors (Lipinski definition) is 1. The van der Waals surface area contributed by atoms with E-state index in [9.17, 15) is 8.42 Å². The number of sulfonamides is 1. The summed E-state index contributed by atoms with van der Waals surface area (Å²) in [6, 6.07) is 3.27. The van der Waals surface area contributed by atoms with Gasteiger partial charge in [-0.05, 0) is 52.4 Å². The third-order valence-corrected chi connectivity index (χ3v) is 7.97. The summed E-state index contributed by atoms with van der Waals surface area (Å²) in [4.78, 5) is 0.240. The Hall–Kier alpha value is 0.380. The first-order valence-corrected chi connectivity index (χ1v) is 9.68. The molecule has 1 aromatic rings. The molecule has 20 heavy (non-hydrogen) atoms. The van der Waals surface area contributed by atoms with Crippen LogP contribution in [0.4, 0.5) is 0 Å². The minimum atomic E-state index is -3.57. The topological polar surface area (TPSA) is 46.2 Å². The van der Waals surface area contributed by atoms with Crippen LogP contribution in [0.15, 0.2) is 26.0 Å². The predicted molar refractivity (Wildman–Crippen MR) is 88.7 cm³/mol. The highest BCUT2D eigenvalue weighted by atomic mass is 79.9. The smallest absolute Gasteiger partial charge is 0.207 e. The average molecular weight is 446 g/mol. The first-order chi connectivity index (χ1) is 9.05. The van der Waals surface area contributed by atoms with Crippen LogP contribution in [0, 0.1) is 12.3 Å². The summed E-state index contributed by atoms with van der Waals surface area (Å²) in [6.45, 7) is 5.86. The van der Waals surface area contributed by atoms with Crippen molar-refractivity contribution >= 4 is 53.5 Å². The van der Waals surface area contributed by atoms with Gasteiger partial charge in [-0.2, -0.15) is 0 Å². The second kappa shape index (κ2) is 5.54. The van der Waals surface area contributed by atoms with Crippen LogP contribution in [0.2, 0.25) is 0 Å². The van der Waals surface area contributed by atoms with Gasteiger partial charge in [0.05, 0.1) is 4.90 Å². The molecule has 0 amide bonds. The Labute approximate surface area is 141 Å². The SMILES string of the molecule is Cc1cc(Br)c(S(=O)(=O)NC2CC(Cl)C2(C)C)cc1Br. The number of nitrogens with one attached hydrogen (secondary N) is 1. The third kappa shape index (κ3) is 2.95. The van der Waals surface area contributed by atoms with Crippen molar-refractivity contribution in [3.05, 3.63) is 26.6 Å². The summed E-state index contributed by atoms with van der Waals surface area (Å²) in [6.07, 6.45) is 0.651. The molecule has 2 rings (SSSR count). The van der Waals surface area contributed by atoms with Crippen molar-refractivity contribution in [3.63, 3.8) is 0 Å². The number of alkyl halides is 1. The molecule has 2 atom stereocenters. The molecule has 1 fully saturated rings. The largest absolute Gasteiger partial charge is 0.242 e. The van der Waals surface area contributed by atoms with Gasteiger partial charge in [0, 0.05) is 20.4 Å². The van der Waals surface area contributed by atoms with Gasteiger partial charge in [-0.3, -0.25) is 0 Å². The average Bonchev–Trinajstić information content (AvgIpc) is 2.33. The van der Waals surface area contributed by atoms with E-state index in [4.69, 9.17) is 11.6 Å². The Kier molecular flexibility index (Phi) is 4.64. The minimum absolute atomic E-state index is 0.00314. The zero-order valence-corrected chi connectivity index (χ0v) is 16.1. The molecule has 0 aromatic heterocycles. The Morgan fingerprint density at radius 3 is 2.40 bits per heavy atom. The van der Waals surface area contributed by atoms with Gasteiger partial charge in [-0.25, -0.2) is 13.1 Å². The predicted octanol–water partition coefficient (Wildman–Crippen LogP) is 4.20. The molecular formula is C13H16Br2ClNO2S. The summed E-state index contributed by atoms with van der Waals surface area (Å²) in [5.74, 6) is 0. The molecule has 1 aliphatic rings. The maximum absolute atomic E-state index is 12.5. The molecule has 0 radical (unpaired) electrons. The molecule has 3 nitrogen and oxygen atoms in total. The lowest BCUT2D eigenvalue weighted by Gasteiger charge is -2.49. The van der Waals surface area contributed by atoms with Gasteiger partial charge < -0.3 is 0 Å². The Bertz CT molecular complexity index is 646. The van der Waals surface area contributed by atoms with Gasteiger partial charge in [0.1, 0.15) is 0 Å². The zero-order chi connectivity index (χ0) is 15.3. The highest BCUT2D eigenvalue weighted by molar-refractivity contribution is 9.11. The maximum Gasteiger partial charge on any atom is 0.242 e. The number of benzene rings is 1. The van der Waals surface area contributed by atoms with Crippen molar-refractivity contribution in [1.82, 2.24) is 4.72 Å². The van der Waals surface area contributed by atoms with E-state index in [1.165, 1.54) is 0 Å². The lowest BCUT2D eigenvalue weighted by atomic mass is 9.67. The van der Waals surface area contributed by atoms with Crippen LogP contribution in [-0.2, 0) is 10.0 Å². The molecule has 0 saturated heterocycles. The van der Waals surface area contributed by atoms with Crippen LogP contribution >= 0.6 is 43.5 Å². The van der Waals surface area contributed by atoms with E-state index in [1.807, 2.05) is 20.8 Å². The summed E-state index contributed by atoms with van der Waals surface area (Å²) in [5, 5.41) is 0.00314. The number of rotatable bonds is 3. The van der Waals surface area contributed by atoms with E-state index in [0.29, 0.717) is 10.9 Å². The highest BCUT2D eigenvalue weighted by Crippen LogP contribution is 2.45. The third-order valence-electron chi connectivity index (χ3n) is 3.95. The van der Waals surface area contributed by atoms with Gasteiger partial charge in [-0.1, -0.05) is 29.8 Å². The maximum atomic E-state index is 12.5. The molecule has 0 bridgehead atoms. The standard InChI is InChI=1S/C13H16Br2ClNO2S/c1-7-4-9(15)10(5-8(7)14)20(18,19)17-12-6-11(16)13(12,2)3/h4-5,11-12,17H,6H2,1-3H3. The number of hydrogen-bond acceptors (Lipinski definition) is 2. The molecule has 0 heterocycles. The summed E-state index contributed by atoms with van der Waals surface area (Å²) in [5.41, 5.74) is 0.740. The van der Waals surface area contributed by atoms with Crippen molar-refractivity contribution in [3.8, 4) is 0 Å². The molecule has 1 saturated carbocycles. The van der Waals surface area contributed by atoms with E-state index in [1.54, 1.807) is 12.1 Å². The van der Waals surface area contributed by atoms with Crippen molar-refractivity contribution in [2.75, 3.05) is 0 Å². The molecule has 1 aliphatic carbocycles. The molecule has 112 valence electrons. The summed E-state index contributed by atoms with van der Waals surface area (Å²) in [7, 11) is -3.57. The Balaban J connectivity index is 2.31. The second-order valence-electron chi connectivity index (χ2n) is 5.73. The summed E-state index contributed by atoms with van der Waals surface area (Å²) >= 11 is 12.8. The van der Waals surface area contributed by atoms with Crippen molar-refractivity contribution in [1.29, 1.82) is 0 Å². The van der Waals surface area contributed by atoms with Crippen molar-refractivity contribution < 1.29 is 8.42 Å². The van der Waals surface area contributed by atoms with E-state index >= 15 is 0 Å². The molecular weight excluding hydrogens is 429 g/mol. The van der Waals surface area contributed by atoms with Crippen LogP contribution < -0.4 is 4.72 Å². The lowest BCUT2D eigenvalue weighted by molar-refractivity contribution is 0.137. The van der Waals surface area contributed by atoms with Gasteiger partial charge >= 0.3 is 0 Å². The van der Waals surface area contributed by atoms with Crippen LogP contribution in [0.1, 0.15) is 25.8 Å². The van der Waals surface area contributed by atoms with Crippen LogP contribution in [-0.4, -0.2) is 19.8 Å². The van der Waals surface area contributed by atoms with Gasteiger partial charge in [0.15, 0.2) is 0 Å². The van der Waals surface area contributed by atoms with Crippen LogP contribution in [0.25, 0.3) is 0 Å². The molecule has 1 aromatic carbocycles. The van der Waals surface area contributed by atoms with E-state index < -0.39 is 10.0 Å². The fourth-order valence-electron chi connectivity index (χ4n) is 2.16. The quantitative estimate of drug-likeness (QED) is 0.709.